The van der Waals surface area contributed by atoms with Crippen LogP contribution < -0.4 is 10.2 Å². The summed E-state index contributed by atoms with van der Waals surface area (Å²) >= 11 is 0. The Balaban J connectivity index is 0.00000289. The molecule has 2 fully saturated rings. The first-order valence-corrected chi connectivity index (χ1v) is 10.6. The summed E-state index contributed by atoms with van der Waals surface area (Å²) < 4.78 is 20.8. The minimum absolute atomic E-state index is 0. The predicted octanol–water partition coefficient (Wildman–Crippen LogP) is 2.15. The van der Waals surface area contributed by atoms with Gasteiger partial charge in [-0.15, -0.1) is 24.0 Å². The van der Waals surface area contributed by atoms with E-state index in [0.29, 0.717) is 38.8 Å². The molecule has 10 heteroatoms. The molecule has 0 aliphatic carbocycles. The Morgan fingerprint density at radius 2 is 1.97 bits per heavy atom. The van der Waals surface area contributed by atoms with Crippen LogP contribution in [0.25, 0.3) is 0 Å². The zero-order chi connectivity index (χ0) is 21.8. The third kappa shape index (κ3) is 5.22. The second-order valence-electron chi connectivity index (χ2n) is 8.14. The Labute approximate surface area is 204 Å². The summed E-state index contributed by atoms with van der Waals surface area (Å²) in [4.78, 5) is 20.9. The number of piperazine rings is 1. The first kappa shape index (κ1) is 24.4. The molecule has 1 amide bonds. The van der Waals surface area contributed by atoms with Crippen molar-refractivity contribution in [2.45, 2.75) is 18.3 Å². The highest BCUT2D eigenvalue weighted by molar-refractivity contribution is 14.0. The number of carbonyl (C=O) groups is 1. The van der Waals surface area contributed by atoms with E-state index in [4.69, 9.17) is 4.74 Å². The number of rotatable bonds is 4. The molecule has 0 atom stereocenters. The lowest BCUT2D eigenvalue weighted by molar-refractivity contribution is -0.120. The van der Waals surface area contributed by atoms with Crippen molar-refractivity contribution in [3.8, 4) is 0 Å². The van der Waals surface area contributed by atoms with E-state index in [-0.39, 0.29) is 47.7 Å². The van der Waals surface area contributed by atoms with E-state index in [1.54, 1.807) is 22.8 Å². The van der Waals surface area contributed by atoms with Crippen molar-refractivity contribution in [1.29, 1.82) is 0 Å². The van der Waals surface area contributed by atoms with E-state index in [1.807, 2.05) is 30.3 Å². The molecule has 0 spiro atoms. The van der Waals surface area contributed by atoms with E-state index in [2.05, 4.69) is 15.4 Å². The standard InChI is InChI=1S/C22H29FN6O2.HI/c1-24-21(28-9-10-29(20(30)15-28)19-13-26-27(2)14-19)25-16-22(7-11-31-12-8-22)17-3-5-18(23)6-4-17;/h3-6,13-14H,7-12,15-16H2,1-2H3,(H,24,25);1H. The van der Waals surface area contributed by atoms with Crippen LogP contribution in [-0.4, -0.2) is 73.0 Å². The van der Waals surface area contributed by atoms with Gasteiger partial charge in [0.05, 0.1) is 11.9 Å². The minimum Gasteiger partial charge on any atom is -0.381 e. The van der Waals surface area contributed by atoms with Gasteiger partial charge in [0.25, 0.3) is 0 Å². The van der Waals surface area contributed by atoms with Crippen LogP contribution in [0.3, 0.4) is 0 Å². The molecule has 174 valence electrons. The molecular weight excluding hydrogens is 526 g/mol. The monoisotopic (exact) mass is 556 g/mol. The number of ether oxygens (including phenoxy) is 1. The van der Waals surface area contributed by atoms with Crippen molar-refractivity contribution < 1.29 is 13.9 Å². The van der Waals surface area contributed by atoms with Gasteiger partial charge in [0, 0.05) is 58.6 Å². The summed E-state index contributed by atoms with van der Waals surface area (Å²) in [5.41, 5.74) is 1.74. The van der Waals surface area contributed by atoms with Gasteiger partial charge in [0.15, 0.2) is 5.96 Å². The van der Waals surface area contributed by atoms with E-state index in [9.17, 15) is 9.18 Å². The first-order valence-electron chi connectivity index (χ1n) is 10.6. The number of guanidine groups is 1. The van der Waals surface area contributed by atoms with Gasteiger partial charge >= 0.3 is 0 Å². The maximum Gasteiger partial charge on any atom is 0.246 e. The van der Waals surface area contributed by atoms with Crippen LogP contribution in [0.15, 0.2) is 41.7 Å². The van der Waals surface area contributed by atoms with Crippen LogP contribution in [0.4, 0.5) is 10.1 Å². The molecule has 0 unspecified atom stereocenters. The fourth-order valence-corrected chi connectivity index (χ4v) is 4.39. The molecule has 0 bridgehead atoms. The number of amides is 1. The molecule has 2 saturated heterocycles. The van der Waals surface area contributed by atoms with Crippen LogP contribution in [0.5, 0.6) is 0 Å². The number of carbonyl (C=O) groups excluding carboxylic acids is 1. The van der Waals surface area contributed by atoms with Crippen LogP contribution in [0.2, 0.25) is 0 Å². The lowest BCUT2D eigenvalue weighted by Crippen LogP contribution is -2.57. The topological polar surface area (TPSA) is 75.0 Å². The quantitative estimate of drug-likeness (QED) is 0.355. The van der Waals surface area contributed by atoms with Gasteiger partial charge in [-0.3, -0.25) is 14.5 Å². The summed E-state index contributed by atoms with van der Waals surface area (Å²) in [6.45, 7) is 3.47. The van der Waals surface area contributed by atoms with Gasteiger partial charge < -0.3 is 19.9 Å². The Hall–Kier alpha value is -2.21. The van der Waals surface area contributed by atoms with Crippen molar-refractivity contribution in [2.24, 2.45) is 12.0 Å². The summed E-state index contributed by atoms with van der Waals surface area (Å²) in [6, 6.07) is 6.75. The third-order valence-electron chi connectivity index (χ3n) is 6.23. The van der Waals surface area contributed by atoms with Gasteiger partial charge in [0.1, 0.15) is 12.4 Å². The average Bonchev–Trinajstić information content (AvgIpc) is 3.21. The molecule has 2 aliphatic rings. The van der Waals surface area contributed by atoms with Gasteiger partial charge in [-0.2, -0.15) is 5.10 Å². The number of halogens is 2. The SMILES string of the molecule is CN=C(NCC1(c2ccc(F)cc2)CCOCC1)N1CCN(c2cnn(C)c2)C(=O)C1.I. The molecule has 0 radical (unpaired) electrons. The maximum absolute atomic E-state index is 13.5. The molecule has 4 rings (SSSR count). The number of aliphatic imine (C=N–C) groups is 1. The Bertz CT molecular complexity index is 942. The number of aryl methyl sites for hydroxylation is 1. The molecule has 2 aromatic rings. The fraction of sp³-hybridized carbons (Fsp3) is 0.500. The van der Waals surface area contributed by atoms with Gasteiger partial charge in [-0.25, -0.2) is 4.39 Å². The summed E-state index contributed by atoms with van der Waals surface area (Å²) in [7, 11) is 3.57. The van der Waals surface area contributed by atoms with Crippen LogP contribution in [0, 0.1) is 5.82 Å². The van der Waals surface area contributed by atoms with Gasteiger partial charge in [-0.05, 0) is 30.5 Å². The Morgan fingerprint density at radius 1 is 1.25 bits per heavy atom. The number of hydrogen-bond acceptors (Lipinski definition) is 4. The van der Waals surface area contributed by atoms with Crippen molar-refractivity contribution in [1.82, 2.24) is 20.0 Å². The lowest BCUT2D eigenvalue weighted by atomic mass is 9.74. The Morgan fingerprint density at radius 3 is 2.56 bits per heavy atom. The van der Waals surface area contributed by atoms with E-state index in [0.717, 1.165) is 24.1 Å². The highest BCUT2D eigenvalue weighted by Gasteiger charge is 2.35. The molecular formula is C22H30FIN6O2. The van der Waals surface area contributed by atoms with E-state index >= 15 is 0 Å². The number of nitrogens with zero attached hydrogens (tertiary/aromatic N) is 5. The number of hydrogen-bond donors (Lipinski definition) is 1. The van der Waals surface area contributed by atoms with E-state index < -0.39 is 0 Å². The maximum atomic E-state index is 13.5. The van der Waals surface area contributed by atoms with Crippen molar-refractivity contribution in [3.63, 3.8) is 0 Å². The lowest BCUT2D eigenvalue weighted by Gasteiger charge is -2.40. The largest absolute Gasteiger partial charge is 0.381 e. The highest BCUT2D eigenvalue weighted by atomic mass is 127. The predicted molar refractivity (Wildman–Crippen MR) is 132 cm³/mol. The fourth-order valence-electron chi connectivity index (χ4n) is 4.39. The molecule has 1 aromatic carbocycles. The Kier molecular flexibility index (Phi) is 8.10. The average molecular weight is 556 g/mol. The number of anilines is 1. The smallest absolute Gasteiger partial charge is 0.246 e. The van der Waals surface area contributed by atoms with Crippen molar-refractivity contribution in [2.75, 3.05) is 51.3 Å². The van der Waals surface area contributed by atoms with Crippen LogP contribution in [-0.2, 0) is 22.0 Å². The molecule has 3 heterocycles. The molecule has 8 nitrogen and oxygen atoms in total. The number of benzene rings is 1. The molecule has 1 N–H and O–H groups in total. The second-order valence-corrected chi connectivity index (χ2v) is 8.14. The molecule has 2 aliphatic heterocycles. The van der Waals surface area contributed by atoms with Gasteiger partial charge in [0.2, 0.25) is 5.91 Å². The van der Waals surface area contributed by atoms with Gasteiger partial charge in [-0.1, -0.05) is 12.1 Å². The number of aromatic nitrogens is 2. The summed E-state index contributed by atoms with van der Waals surface area (Å²) in [5.74, 6) is 0.480. The minimum atomic E-state index is -0.236. The van der Waals surface area contributed by atoms with E-state index in [1.165, 1.54) is 12.1 Å². The zero-order valence-electron chi connectivity index (χ0n) is 18.5. The third-order valence-corrected chi connectivity index (χ3v) is 6.23. The highest BCUT2D eigenvalue weighted by Crippen LogP contribution is 2.34. The normalized spacial score (nSPS) is 19.0. The summed E-state index contributed by atoms with van der Waals surface area (Å²) in [6.07, 6.45) is 5.24. The first-order chi connectivity index (χ1) is 15.0. The second kappa shape index (κ2) is 10.6. The van der Waals surface area contributed by atoms with Crippen LogP contribution in [0.1, 0.15) is 18.4 Å². The molecule has 1 aromatic heterocycles. The molecule has 0 saturated carbocycles. The van der Waals surface area contributed by atoms with Crippen molar-refractivity contribution >= 4 is 41.5 Å². The summed E-state index contributed by atoms with van der Waals surface area (Å²) in [5, 5.41) is 7.64. The van der Waals surface area contributed by atoms with Crippen molar-refractivity contribution in [3.05, 3.63) is 48.0 Å². The van der Waals surface area contributed by atoms with Crippen LogP contribution >= 0.6 is 24.0 Å². The molecule has 32 heavy (non-hydrogen) atoms. The zero-order valence-corrected chi connectivity index (χ0v) is 20.8. The number of nitrogens with one attached hydrogen (secondary N) is 1.